The van der Waals surface area contributed by atoms with Crippen LogP contribution in [0.1, 0.15) is 39.2 Å². The van der Waals surface area contributed by atoms with E-state index in [4.69, 9.17) is 0 Å². The second-order valence-corrected chi connectivity index (χ2v) is 5.03. The highest BCUT2D eigenvalue weighted by molar-refractivity contribution is 4.91. The fraction of sp³-hybridized carbons (Fsp3) is 0.727. The number of aliphatic hydroxyl groups is 1. The largest absolute Gasteiger partial charge is 0.391 e. The maximum Gasteiger partial charge on any atom is 0.0783 e. The Bertz CT molecular complexity index is 292. The van der Waals surface area contributed by atoms with Gasteiger partial charge in [-0.1, -0.05) is 13.8 Å². The van der Waals surface area contributed by atoms with E-state index >= 15 is 0 Å². The first-order valence-corrected chi connectivity index (χ1v) is 5.26. The van der Waals surface area contributed by atoms with Crippen molar-refractivity contribution < 1.29 is 5.11 Å². The van der Waals surface area contributed by atoms with Gasteiger partial charge in [0.1, 0.15) is 0 Å². The normalized spacial score (nSPS) is 31.6. The maximum absolute atomic E-state index is 9.91. The fourth-order valence-electron chi connectivity index (χ4n) is 2.28. The van der Waals surface area contributed by atoms with Gasteiger partial charge in [0.25, 0.3) is 0 Å². The van der Waals surface area contributed by atoms with Crippen LogP contribution in [0, 0.1) is 5.41 Å². The average molecular weight is 194 g/mol. The summed E-state index contributed by atoms with van der Waals surface area (Å²) in [5.41, 5.74) is 0.329. The minimum Gasteiger partial charge on any atom is -0.391 e. The Labute approximate surface area is 84.7 Å². The van der Waals surface area contributed by atoms with Crippen LogP contribution in [0.3, 0.4) is 0 Å². The molecule has 3 heteroatoms. The van der Waals surface area contributed by atoms with Crippen LogP contribution in [0.15, 0.2) is 18.5 Å². The molecule has 3 nitrogen and oxygen atoms in total. The summed E-state index contributed by atoms with van der Waals surface area (Å²) in [5, 5.41) is 14.1. The lowest BCUT2D eigenvalue weighted by atomic mass is 9.74. The van der Waals surface area contributed by atoms with Gasteiger partial charge in [-0.25, -0.2) is 0 Å². The molecule has 0 aromatic carbocycles. The Balaban J connectivity index is 2.17. The van der Waals surface area contributed by atoms with Gasteiger partial charge in [-0.3, -0.25) is 4.68 Å². The van der Waals surface area contributed by atoms with E-state index in [1.807, 2.05) is 16.9 Å². The second kappa shape index (κ2) is 3.39. The van der Waals surface area contributed by atoms with E-state index in [1.54, 1.807) is 6.20 Å². The topological polar surface area (TPSA) is 38.0 Å². The minimum atomic E-state index is -0.233. The molecule has 1 heterocycles. The monoisotopic (exact) mass is 194 g/mol. The lowest BCUT2D eigenvalue weighted by molar-refractivity contribution is 0.0227. The van der Waals surface area contributed by atoms with Crippen molar-refractivity contribution in [2.24, 2.45) is 5.41 Å². The van der Waals surface area contributed by atoms with E-state index in [1.165, 1.54) is 0 Å². The summed E-state index contributed by atoms with van der Waals surface area (Å²) in [7, 11) is 0. The minimum absolute atomic E-state index is 0.161. The molecule has 0 amide bonds. The van der Waals surface area contributed by atoms with Gasteiger partial charge in [0.2, 0.25) is 0 Å². The van der Waals surface area contributed by atoms with Crippen LogP contribution in [-0.2, 0) is 0 Å². The van der Waals surface area contributed by atoms with E-state index in [2.05, 4.69) is 18.9 Å². The van der Waals surface area contributed by atoms with E-state index < -0.39 is 0 Å². The molecule has 0 aliphatic heterocycles. The number of aromatic nitrogens is 2. The molecular weight excluding hydrogens is 176 g/mol. The van der Waals surface area contributed by atoms with E-state index in [0.717, 1.165) is 19.3 Å². The number of rotatable bonds is 1. The molecule has 78 valence electrons. The Morgan fingerprint density at radius 2 is 2.29 bits per heavy atom. The van der Waals surface area contributed by atoms with Gasteiger partial charge in [-0.2, -0.15) is 5.10 Å². The average Bonchev–Trinajstić information content (AvgIpc) is 2.62. The zero-order chi connectivity index (χ0) is 10.2. The summed E-state index contributed by atoms with van der Waals surface area (Å²) in [6, 6.07) is 2.07. The van der Waals surface area contributed by atoms with E-state index in [9.17, 15) is 5.11 Å². The third-order valence-electron chi connectivity index (χ3n) is 3.19. The standard InChI is InChI=1S/C11H18N2O/c1-11(2)5-4-10(14)9(8-11)13-7-3-6-12-13/h3,6-7,9-10,14H,4-5,8H2,1-2H3. The Kier molecular flexibility index (Phi) is 2.35. The summed E-state index contributed by atoms with van der Waals surface area (Å²) in [4.78, 5) is 0. The molecule has 1 aromatic rings. The molecule has 0 bridgehead atoms. The Morgan fingerprint density at radius 1 is 1.50 bits per heavy atom. The first-order valence-electron chi connectivity index (χ1n) is 5.26. The molecule has 1 fully saturated rings. The lowest BCUT2D eigenvalue weighted by Gasteiger charge is -2.38. The third kappa shape index (κ3) is 1.82. The van der Waals surface area contributed by atoms with Crippen molar-refractivity contribution in [1.29, 1.82) is 0 Å². The third-order valence-corrected chi connectivity index (χ3v) is 3.19. The van der Waals surface area contributed by atoms with Crippen molar-refractivity contribution >= 4 is 0 Å². The molecule has 1 aliphatic rings. The van der Waals surface area contributed by atoms with E-state index in [-0.39, 0.29) is 12.1 Å². The molecule has 1 saturated carbocycles. The molecule has 0 spiro atoms. The molecule has 2 rings (SSSR count). The van der Waals surface area contributed by atoms with Crippen molar-refractivity contribution in [2.45, 2.75) is 45.3 Å². The van der Waals surface area contributed by atoms with Crippen molar-refractivity contribution in [3.63, 3.8) is 0 Å². The first-order chi connectivity index (χ1) is 6.58. The number of hydrogen-bond donors (Lipinski definition) is 1. The highest BCUT2D eigenvalue weighted by atomic mass is 16.3. The van der Waals surface area contributed by atoms with Crippen LogP contribution in [0.25, 0.3) is 0 Å². The van der Waals surface area contributed by atoms with Gasteiger partial charge in [0.05, 0.1) is 12.1 Å². The zero-order valence-electron chi connectivity index (χ0n) is 8.85. The molecule has 1 aliphatic carbocycles. The van der Waals surface area contributed by atoms with Crippen LogP contribution in [0.2, 0.25) is 0 Å². The van der Waals surface area contributed by atoms with Crippen LogP contribution in [-0.4, -0.2) is 21.0 Å². The Morgan fingerprint density at radius 3 is 2.93 bits per heavy atom. The second-order valence-electron chi connectivity index (χ2n) is 5.03. The highest BCUT2D eigenvalue weighted by Gasteiger charge is 2.34. The van der Waals surface area contributed by atoms with Crippen molar-refractivity contribution in [3.8, 4) is 0 Å². The first kappa shape index (κ1) is 9.71. The quantitative estimate of drug-likeness (QED) is 0.742. The van der Waals surface area contributed by atoms with Gasteiger partial charge >= 0.3 is 0 Å². The molecule has 14 heavy (non-hydrogen) atoms. The van der Waals surface area contributed by atoms with Crippen molar-refractivity contribution in [1.82, 2.24) is 9.78 Å². The van der Waals surface area contributed by atoms with Gasteiger partial charge < -0.3 is 5.11 Å². The SMILES string of the molecule is CC1(C)CCC(O)C(n2cccn2)C1. The molecule has 1 aromatic heterocycles. The Hall–Kier alpha value is -0.830. The van der Waals surface area contributed by atoms with Gasteiger partial charge in [-0.05, 0) is 30.7 Å². The summed E-state index contributed by atoms with van der Waals surface area (Å²) in [6.07, 6.45) is 6.48. The van der Waals surface area contributed by atoms with Crippen LogP contribution < -0.4 is 0 Å². The smallest absolute Gasteiger partial charge is 0.0783 e. The van der Waals surface area contributed by atoms with Gasteiger partial charge in [0.15, 0.2) is 0 Å². The highest BCUT2D eigenvalue weighted by Crippen LogP contribution is 2.40. The molecule has 0 saturated heterocycles. The molecule has 2 unspecified atom stereocenters. The predicted molar refractivity (Wildman–Crippen MR) is 54.9 cm³/mol. The predicted octanol–water partition coefficient (Wildman–Crippen LogP) is 2.00. The van der Waals surface area contributed by atoms with Crippen LogP contribution in [0.4, 0.5) is 0 Å². The molecule has 1 N–H and O–H groups in total. The zero-order valence-corrected chi connectivity index (χ0v) is 8.85. The van der Waals surface area contributed by atoms with Crippen molar-refractivity contribution in [3.05, 3.63) is 18.5 Å². The number of hydrogen-bond acceptors (Lipinski definition) is 2. The van der Waals surface area contributed by atoms with Gasteiger partial charge in [-0.15, -0.1) is 0 Å². The van der Waals surface area contributed by atoms with Crippen molar-refractivity contribution in [2.75, 3.05) is 0 Å². The maximum atomic E-state index is 9.91. The molecule has 2 atom stereocenters. The fourth-order valence-corrected chi connectivity index (χ4v) is 2.28. The van der Waals surface area contributed by atoms with E-state index in [0.29, 0.717) is 5.41 Å². The lowest BCUT2D eigenvalue weighted by Crippen LogP contribution is -2.35. The van der Waals surface area contributed by atoms with Crippen LogP contribution >= 0.6 is 0 Å². The summed E-state index contributed by atoms with van der Waals surface area (Å²) >= 11 is 0. The summed E-state index contributed by atoms with van der Waals surface area (Å²) in [6.45, 7) is 4.52. The number of nitrogens with zero attached hydrogens (tertiary/aromatic N) is 2. The summed E-state index contributed by atoms with van der Waals surface area (Å²) in [5.74, 6) is 0. The molecule has 0 radical (unpaired) electrons. The van der Waals surface area contributed by atoms with Crippen LogP contribution in [0.5, 0.6) is 0 Å². The summed E-state index contributed by atoms with van der Waals surface area (Å²) < 4.78 is 1.89. The number of aliphatic hydroxyl groups excluding tert-OH is 1. The molecular formula is C11H18N2O. The van der Waals surface area contributed by atoms with Gasteiger partial charge in [0, 0.05) is 12.4 Å².